The van der Waals surface area contributed by atoms with E-state index < -0.39 is 5.97 Å². The molecule has 4 nitrogen and oxygen atoms in total. The number of carboxylic acids is 1. The summed E-state index contributed by atoms with van der Waals surface area (Å²) in [6.07, 6.45) is 5.20. The van der Waals surface area contributed by atoms with Crippen LogP contribution >= 0.6 is 0 Å². The number of carbonyl (C=O) groups excluding carboxylic acids is 1. The number of carboxylic acid groups (broad SMARTS) is 1. The highest BCUT2D eigenvalue weighted by molar-refractivity contribution is 5.96. The smallest absolute Gasteiger partial charge is 0.137 e. The van der Waals surface area contributed by atoms with Gasteiger partial charge in [-0.25, -0.2) is 0 Å². The Labute approximate surface area is 148 Å². The molecular weight excluding hydrogens is 314 g/mol. The van der Waals surface area contributed by atoms with E-state index in [4.69, 9.17) is 4.74 Å². The summed E-state index contributed by atoms with van der Waals surface area (Å²) in [4.78, 5) is 12.4. The number of aliphatic carboxylic acids is 1. The van der Waals surface area contributed by atoms with Crippen LogP contribution in [0.1, 0.15) is 25.3 Å². The van der Waals surface area contributed by atoms with Crippen LogP contribution in [0.3, 0.4) is 0 Å². The summed E-state index contributed by atoms with van der Waals surface area (Å²) in [5.74, 6) is 0.360. The second-order valence-corrected chi connectivity index (χ2v) is 6.88. The number of likely N-dealkylation sites (tertiary alicyclic amines) is 1. The van der Waals surface area contributed by atoms with Gasteiger partial charge in [-0.1, -0.05) is 37.3 Å². The number of nitrogens with one attached hydrogen (secondary N) is 1. The molecule has 0 atom stereocenters. The maximum Gasteiger partial charge on any atom is 0.137 e. The van der Waals surface area contributed by atoms with Crippen molar-refractivity contribution < 1.29 is 19.5 Å². The molecule has 0 aromatic heterocycles. The fourth-order valence-electron chi connectivity index (χ4n) is 3.45. The van der Waals surface area contributed by atoms with E-state index in [-0.39, 0.29) is 0 Å². The number of fused-ring (bicyclic) bond motifs is 1. The number of hydrogen-bond acceptors (Lipinski definition) is 3. The van der Waals surface area contributed by atoms with E-state index >= 15 is 0 Å². The summed E-state index contributed by atoms with van der Waals surface area (Å²) >= 11 is 0. The first-order valence-electron chi connectivity index (χ1n) is 9.00. The third-order valence-corrected chi connectivity index (χ3v) is 5.01. The van der Waals surface area contributed by atoms with Crippen molar-refractivity contribution in [3.63, 3.8) is 0 Å². The summed E-state index contributed by atoms with van der Waals surface area (Å²) in [5, 5.41) is 12.9. The largest absolute Gasteiger partial charge is 0.545 e. The standard InChI is InChI=1S/C21H25NO3/c1-16-10-12-22(13-11-16)14-15-25-20-8-6-17-4-2-3-5-18(17)19(20)7-9-21(23)24/h2-9,16H,10-15H2,1H3,(H,23,24)/b9-7+. The number of ether oxygens (including phenoxy) is 1. The lowest BCUT2D eigenvalue weighted by Gasteiger charge is -2.27. The molecular formula is C21H25NO3. The van der Waals surface area contributed by atoms with Crippen LogP contribution in [0, 0.1) is 5.92 Å². The van der Waals surface area contributed by atoms with Gasteiger partial charge in [-0.05, 0) is 47.8 Å². The zero-order valence-electron chi connectivity index (χ0n) is 14.7. The predicted octanol–water partition coefficient (Wildman–Crippen LogP) is 1.30. The Hall–Kier alpha value is -2.33. The number of quaternary nitrogens is 1. The molecule has 132 valence electrons. The van der Waals surface area contributed by atoms with Crippen LogP contribution in [0.25, 0.3) is 16.8 Å². The molecule has 4 heteroatoms. The normalized spacial score (nSPS) is 20.8. The van der Waals surface area contributed by atoms with Crippen LogP contribution in [-0.2, 0) is 4.79 Å². The highest BCUT2D eigenvalue weighted by Gasteiger charge is 2.18. The third kappa shape index (κ3) is 4.60. The van der Waals surface area contributed by atoms with E-state index in [1.54, 1.807) is 11.0 Å². The van der Waals surface area contributed by atoms with Crippen molar-refractivity contribution in [2.45, 2.75) is 19.8 Å². The lowest BCUT2D eigenvalue weighted by Crippen LogP contribution is -3.13. The Balaban J connectivity index is 1.73. The van der Waals surface area contributed by atoms with E-state index in [1.165, 1.54) is 25.9 Å². The van der Waals surface area contributed by atoms with Crippen LogP contribution in [0.2, 0.25) is 0 Å². The first-order chi connectivity index (χ1) is 12.1. The lowest BCUT2D eigenvalue weighted by molar-refractivity contribution is -0.906. The number of hydrogen-bond donors (Lipinski definition) is 1. The Kier molecular flexibility index (Phi) is 5.71. The van der Waals surface area contributed by atoms with Gasteiger partial charge in [0.2, 0.25) is 0 Å². The highest BCUT2D eigenvalue weighted by Crippen LogP contribution is 2.29. The molecule has 1 saturated heterocycles. The van der Waals surface area contributed by atoms with Crippen LogP contribution in [0.5, 0.6) is 5.75 Å². The van der Waals surface area contributed by atoms with Crippen molar-refractivity contribution in [3.8, 4) is 5.75 Å². The van der Waals surface area contributed by atoms with Gasteiger partial charge in [0.05, 0.1) is 19.1 Å². The fourth-order valence-corrected chi connectivity index (χ4v) is 3.45. The van der Waals surface area contributed by atoms with E-state index in [2.05, 4.69) is 6.92 Å². The molecule has 1 N–H and O–H groups in total. The number of carbonyl (C=O) groups is 1. The molecule has 25 heavy (non-hydrogen) atoms. The molecule has 0 spiro atoms. The van der Waals surface area contributed by atoms with Gasteiger partial charge >= 0.3 is 0 Å². The zero-order chi connectivity index (χ0) is 17.6. The van der Waals surface area contributed by atoms with E-state index in [1.807, 2.05) is 36.4 Å². The predicted molar refractivity (Wildman–Crippen MR) is 97.4 cm³/mol. The molecule has 0 amide bonds. The summed E-state index contributed by atoms with van der Waals surface area (Å²) in [5.41, 5.74) is 0.796. The van der Waals surface area contributed by atoms with Crippen LogP contribution in [0.4, 0.5) is 0 Å². The van der Waals surface area contributed by atoms with E-state index in [0.717, 1.165) is 40.6 Å². The van der Waals surface area contributed by atoms with Crippen molar-refractivity contribution >= 4 is 22.8 Å². The first-order valence-corrected chi connectivity index (χ1v) is 9.00. The molecule has 0 aliphatic carbocycles. The van der Waals surface area contributed by atoms with Crippen molar-refractivity contribution in [1.29, 1.82) is 0 Å². The van der Waals surface area contributed by atoms with Crippen molar-refractivity contribution in [2.75, 3.05) is 26.2 Å². The third-order valence-electron chi connectivity index (χ3n) is 5.01. The number of piperidine rings is 1. The molecule has 1 heterocycles. The number of rotatable bonds is 6. The summed E-state index contributed by atoms with van der Waals surface area (Å²) < 4.78 is 6.02. The molecule has 1 aliphatic heterocycles. The van der Waals surface area contributed by atoms with Crippen molar-refractivity contribution in [2.24, 2.45) is 5.92 Å². The SMILES string of the molecule is CC1CC[NH+](CCOc2ccc3ccccc3c2/C=C/C(=O)[O-])CC1. The molecule has 1 aliphatic rings. The average molecular weight is 339 g/mol. The zero-order valence-corrected chi connectivity index (χ0v) is 14.7. The average Bonchev–Trinajstić information content (AvgIpc) is 2.62. The van der Waals surface area contributed by atoms with Crippen LogP contribution in [-0.4, -0.2) is 32.2 Å². The van der Waals surface area contributed by atoms with Crippen LogP contribution < -0.4 is 14.7 Å². The topological polar surface area (TPSA) is 53.8 Å². The maximum atomic E-state index is 10.8. The summed E-state index contributed by atoms with van der Waals surface area (Å²) in [6.45, 7) is 6.34. The van der Waals surface area contributed by atoms with Gasteiger partial charge in [0, 0.05) is 5.56 Å². The van der Waals surface area contributed by atoms with Gasteiger partial charge in [0.25, 0.3) is 0 Å². The van der Waals surface area contributed by atoms with Gasteiger partial charge in [0.15, 0.2) is 0 Å². The molecule has 2 aromatic rings. The Morgan fingerprint density at radius 2 is 2.00 bits per heavy atom. The second kappa shape index (κ2) is 8.17. The Morgan fingerprint density at radius 1 is 1.24 bits per heavy atom. The molecule has 2 aromatic carbocycles. The quantitative estimate of drug-likeness (QED) is 0.807. The van der Waals surface area contributed by atoms with Gasteiger partial charge in [-0.3, -0.25) is 0 Å². The van der Waals surface area contributed by atoms with Crippen molar-refractivity contribution in [3.05, 3.63) is 48.0 Å². The second-order valence-electron chi connectivity index (χ2n) is 6.88. The molecule has 3 rings (SSSR count). The van der Waals surface area contributed by atoms with E-state index in [0.29, 0.717) is 6.61 Å². The molecule has 1 fully saturated rings. The summed E-state index contributed by atoms with van der Waals surface area (Å²) in [6, 6.07) is 11.8. The van der Waals surface area contributed by atoms with Crippen LogP contribution in [0.15, 0.2) is 42.5 Å². The minimum Gasteiger partial charge on any atom is -0.545 e. The first kappa shape index (κ1) is 17.5. The fraction of sp³-hybridized carbons (Fsp3) is 0.381. The van der Waals surface area contributed by atoms with E-state index in [9.17, 15) is 9.90 Å². The Bertz CT molecular complexity index is 761. The lowest BCUT2D eigenvalue weighted by atomic mass is 9.99. The molecule has 0 unspecified atom stereocenters. The highest BCUT2D eigenvalue weighted by atomic mass is 16.5. The number of benzene rings is 2. The van der Waals surface area contributed by atoms with Crippen molar-refractivity contribution in [1.82, 2.24) is 0 Å². The summed E-state index contributed by atoms with van der Waals surface area (Å²) in [7, 11) is 0. The molecule has 0 radical (unpaired) electrons. The van der Waals surface area contributed by atoms with Gasteiger partial charge in [-0.15, -0.1) is 0 Å². The van der Waals surface area contributed by atoms with Gasteiger partial charge < -0.3 is 19.5 Å². The molecule has 0 saturated carbocycles. The van der Waals surface area contributed by atoms with Gasteiger partial charge in [-0.2, -0.15) is 0 Å². The minimum atomic E-state index is -1.20. The maximum absolute atomic E-state index is 10.8. The van der Waals surface area contributed by atoms with Gasteiger partial charge in [0.1, 0.15) is 18.9 Å². The molecule has 0 bridgehead atoms. The monoisotopic (exact) mass is 339 g/mol. The Morgan fingerprint density at radius 3 is 2.76 bits per heavy atom. The minimum absolute atomic E-state index is 0.633.